The summed E-state index contributed by atoms with van der Waals surface area (Å²) < 4.78 is 0. The fraction of sp³-hybridized carbons (Fsp3) is 0.800. The van der Waals surface area contributed by atoms with Crippen LogP contribution in [0.4, 0.5) is 0 Å². The molecule has 9 heavy (non-hydrogen) atoms. The average molecular weight is 134 g/mol. The second kappa shape index (κ2) is 7.39. The van der Waals surface area contributed by atoms with E-state index < -0.39 is 11.9 Å². The lowest BCUT2D eigenvalue weighted by atomic mass is 10.4. The standard InChI is InChI=1S/C3H8N2O.C2H6O/c1-2(4)3(5)6;1-2-3/h2H,4H2,1H3,(H2,5,6);3H,2H2,1H3. The van der Waals surface area contributed by atoms with Gasteiger partial charge in [0.1, 0.15) is 0 Å². The Morgan fingerprint density at radius 3 is 1.89 bits per heavy atom. The molecule has 0 saturated heterocycles. The van der Waals surface area contributed by atoms with E-state index in [-0.39, 0.29) is 6.61 Å². The molecule has 0 rings (SSSR count). The Hall–Kier alpha value is -0.610. The van der Waals surface area contributed by atoms with Crippen molar-refractivity contribution in [2.75, 3.05) is 6.61 Å². The van der Waals surface area contributed by atoms with Crippen molar-refractivity contribution in [2.45, 2.75) is 19.9 Å². The highest BCUT2D eigenvalue weighted by Crippen LogP contribution is 1.64. The second-order valence-electron chi connectivity index (χ2n) is 1.51. The molecule has 0 aliphatic heterocycles. The van der Waals surface area contributed by atoms with Gasteiger partial charge in [-0.1, -0.05) is 0 Å². The average Bonchev–Trinajstić information content (AvgIpc) is 1.68. The number of hydrogen-bond acceptors (Lipinski definition) is 3. The van der Waals surface area contributed by atoms with Crippen molar-refractivity contribution < 1.29 is 9.90 Å². The van der Waals surface area contributed by atoms with Gasteiger partial charge >= 0.3 is 0 Å². The number of aliphatic hydroxyl groups excluding tert-OH is 1. The summed E-state index contributed by atoms with van der Waals surface area (Å²) >= 11 is 0. The molecule has 0 heterocycles. The number of carbonyl (C=O) groups excluding carboxylic acids is 1. The highest BCUT2D eigenvalue weighted by molar-refractivity contribution is 5.78. The van der Waals surface area contributed by atoms with Crippen LogP contribution in [-0.4, -0.2) is 23.7 Å². The zero-order chi connectivity index (χ0) is 7.86. The van der Waals surface area contributed by atoms with Crippen LogP contribution in [-0.2, 0) is 4.79 Å². The first kappa shape index (κ1) is 11.2. The van der Waals surface area contributed by atoms with E-state index in [1.807, 2.05) is 0 Å². The van der Waals surface area contributed by atoms with Crippen LogP contribution in [0.3, 0.4) is 0 Å². The molecule has 0 fully saturated rings. The minimum Gasteiger partial charge on any atom is -0.397 e. The van der Waals surface area contributed by atoms with Gasteiger partial charge in [-0.25, -0.2) is 0 Å². The van der Waals surface area contributed by atoms with Gasteiger partial charge in [-0.05, 0) is 13.8 Å². The van der Waals surface area contributed by atoms with Crippen LogP contribution < -0.4 is 11.5 Å². The molecule has 56 valence electrons. The quantitative estimate of drug-likeness (QED) is 0.421. The van der Waals surface area contributed by atoms with Crippen molar-refractivity contribution in [3.05, 3.63) is 0 Å². The van der Waals surface area contributed by atoms with Gasteiger partial charge in [0.15, 0.2) is 0 Å². The van der Waals surface area contributed by atoms with Crippen molar-refractivity contribution in [1.82, 2.24) is 0 Å². The summed E-state index contributed by atoms with van der Waals surface area (Å²) in [6.07, 6.45) is 0. The van der Waals surface area contributed by atoms with E-state index in [1.165, 1.54) is 0 Å². The van der Waals surface area contributed by atoms with Gasteiger partial charge < -0.3 is 16.6 Å². The summed E-state index contributed by atoms with van der Waals surface area (Å²) in [7, 11) is 0. The number of primary amides is 1. The minimum absolute atomic E-state index is 0.250. The molecule has 4 heteroatoms. The molecule has 0 saturated carbocycles. The van der Waals surface area contributed by atoms with Gasteiger partial charge in [0, 0.05) is 6.61 Å². The van der Waals surface area contributed by atoms with Crippen LogP contribution in [0.5, 0.6) is 0 Å². The van der Waals surface area contributed by atoms with E-state index in [2.05, 4.69) is 5.73 Å². The number of hydrogen-bond donors (Lipinski definition) is 3. The summed E-state index contributed by atoms with van der Waals surface area (Å²) in [5.74, 6) is -0.463. The molecule has 0 aliphatic carbocycles. The minimum atomic E-state index is -0.509. The maximum atomic E-state index is 9.80. The lowest BCUT2D eigenvalue weighted by Gasteiger charge is -1.91. The van der Waals surface area contributed by atoms with Crippen molar-refractivity contribution in [2.24, 2.45) is 11.5 Å². The number of rotatable bonds is 1. The number of nitrogens with two attached hydrogens (primary N) is 2. The summed E-state index contributed by atoms with van der Waals surface area (Å²) in [6.45, 7) is 3.47. The maximum Gasteiger partial charge on any atom is 0.234 e. The fourth-order valence-electron chi connectivity index (χ4n) is 0. The summed E-state index contributed by atoms with van der Waals surface area (Å²) in [5, 5.41) is 7.57. The first-order chi connectivity index (χ1) is 4.06. The molecular weight excluding hydrogens is 120 g/mol. The zero-order valence-corrected chi connectivity index (χ0v) is 5.79. The molecule has 4 nitrogen and oxygen atoms in total. The highest BCUT2D eigenvalue weighted by atomic mass is 16.2. The number of amides is 1. The molecule has 1 amide bonds. The molecule has 5 N–H and O–H groups in total. The summed E-state index contributed by atoms with van der Waals surface area (Å²) in [4.78, 5) is 9.80. The Morgan fingerprint density at radius 2 is 1.89 bits per heavy atom. The maximum absolute atomic E-state index is 9.80. The van der Waals surface area contributed by atoms with Crippen LogP contribution in [0, 0.1) is 0 Å². The van der Waals surface area contributed by atoms with Crippen molar-refractivity contribution >= 4 is 5.91 Å². The van der Waals surface area contributed by atoms with E-state index in [1.54, 1.807) is 13.8 Å². The first-order valence-electron chi connectivity index (χ1n) is 2.72. The van der Waals surface area contributed by atoms with E-state index in [9.17, 15) is 4.79 Å². The van der Waals surface area contributed by atoms with Crippen LogP contribution in [0.2, 0.25) is 0 Å². The van der Waals surface area contributed by atoms with Gasteiger partial charge in [0.25, 0.3) is 0 Å². The smallest absolute Gasteiger partial charge is 0.234 e. The van der Waals surface area contributed by atoms with E-state index in [4.69, 9.17) is 10.8 Å². The molecule has 0 spiro atoms. The first-order valence-corrected chi connectivity index (χ1v) is 2.72. The normalized spacial score (nSPS) is 11.1. The Kier molecular flexibility index (Phi) is 9.21. The Balaban J connectivity index is 0. The van der Waals surface area contributed by atoms with Gasteiger partial charge in [0.05, 0.1) is 6.04 Å². The summed E-state index contributed by atoms with van der Waals surface area (Å²) in [5.41, 5.74) is 9.63. The van der Waals surface area contributed by atoms with Gasteiger partial charge in [-0.15, -0.1) is 0 Å². The topological polar surface area (TPSA) is 89.3 Å². The largest absolute Gasteiger partial charge is 0.397 e. The third-order valence-electron chi connectivity index (χ3n) is 0.449. The molecule has 0 aliphatic rings. The molecule has 0 radical (unpaired) electrons. The Bertz CT molecular complexity index is 73.4. The van der Waals surface area contributed by atoms with Crippen LogP contribution in [0.15, 0.2) is 0 Å². The van der Waals surface area contributed by atoms with E-state index in [0.717, 1.165) is 0 Å². The van der Waals surface area contributed by atoms with Gasteiger partial charge in [-0.3, -0.25) is 4.79 Å². The van der Waals surface area contributed by atoms with E-state index in [0.29, 0.717) is 0 Å². The van der Waals surface area contributed by atoms with Crippen molar-refractivity contribution in [1.29, 1.82) is 0 Å². The fourth-order valence-corrected chi connectivity index (χ4v) is 0. The predicted octanol–water partition coefficient (Wildman–Crippen LogP) is -1.18. The molecular formula is C5H14N2O2. The van der Waals surface area contributed by atoms with Crippen LogP contribution in [0.25, 0.3) is 0 Å². The predicted molar refractivity (Wildman–Crippen MR) is 35.6 cm³/mol. The highest BCUT2D eigenvalue weighted by Gasteiger charge is 1.96. The third kappa shape index (κ3) is 18.7. The second-order valence-corrected chi connectivity index (χ2v) is 1.51. The van der Waals surface area contributed by atoms with Crippen molar-refractivity contribution in [3.63, 3.8) is 0 Å². The number of aliphatic hydroxyl groups is 1. The van der Waals surface area contributed by atoms with E-state index >= 15 is 0 Å². The molecule has 1 atom stereocenters. The molecule has 1 unspecified atom stereocenters. The summed E-state index contributed by atoms with van der Waals surface area (Å²) in [6, 6.07) is -0.509. The molecule has 0 aromatic carbocycles. The monoisotopic (exact) mass is 134 g/mol. The lowest BCUT2D eigenvalue weighted by molar-refractivity contribution is -0.118. The lowest BCUT2D eigenvalue weighted by Crippen LogP contribution is -2.32. The molecule has 0 aromatic heterocycles. The van der Waals surface area contributed by atoms with Crippen LogP contribution in [0.1, 0.15) is 13.8 Å². The molecule has 0 aromatic rings. The van der Waals surface area contributed by atoms with Gasteiger partial charge in [-0.2, -0.15) is 0 Å². The SMILES string of the molecule is CC(N)C(N)=O.CCO. The molecule has 0 bridgehead atoms. The van der Waals surface area contributed by atoms with Gasteiger partial charge in [0.2, 0.25) is 5.91 Å². The Morgan fingerprint density at radius 1 is 1.78 bits per heavy atom. The number of carbonyl (C=O) groups is 1. The third-order valence-corrected chi connectivity index (χ3v) is 0.449. The van der Waals surface area contributed by atoms with Crippen LogP contribution >= 0.6 is 0 Å². The Labute approximate surface area is 54.8 Å². The zero-order valence-electron chi connectivity index (χ0n) is 5.79. The van der Waals surface area contributed by atoms with Crippen molar-refractivity contribution in [3.8, 4) is 0 Å².